The largest absolute Gasteiger partial charge is 0.478 e. The van der Waals surface area contributed by atoms with Crippen molar-refractivity contribution in [1.29, 1.82) is 0 Å². The summed E-state index contributed by atoms with van der Waals surface area (Å²) in [5.41, 5.74) is 6.00. The van der Waals surface area contributed by atoms with Gasteiger partial charge >= 0.3 is 5.97 Å². The molecule has 0 bridgehead atoms. The second-order valence-corrected chi connectivity index (χ2v) is 9.73. The second-order valence-electron chi connectivity index (χ2n) is 9.73. The molecule has 0 fully saturated rings. The van der Waals surface area contributed by atoms with E-state index in [2.05, 4.69) is 29.9 Å². The van der Waals surface area contributed by atoms with E-state index in [0.717, 1.165) is 46.0 Å². The first-order chi connectivity index (χ1) is 18.3. The zero-order valence-electron chi connectivity index (χ0n) is 21.5. The van der Waals surface area contributed by atoms with Gasteiger partial charge in [-0.2, -0.15) is 5.10 Å². The summed E-state index contributed by atoms with van der Waals surface area (Å²) in [7, 11) is 1.87. The van der Waals surface area contributed by atoms with Crippen LogP contribution in [-0.2, 0) is 24.7 Å². The molecule has 38 heavy (non-hydrogen) atoms. The first kappa shape index (κ1) is 25.4. The highest BCUT2D eigenvalue weighted by Gasteiger charge is 2.37. The number of nitrogens with zero attached hydrogens (tertiary/aromatic N) is 3. The van der Waals surface area contributed by atoms with Crippen LogP contribution in [0.25, 0.3) is 17.2 Å². The number of para-hydroxylation sites is 1. The van der Waals surface area contributed by atoms with Crippen molar-refractivity contribution < 1.29 is 18.7 Å². The average molecular weight is 514 g/mol. The molecule has 1 aliphatic heterocycles. The molecule has 1 aliphatic rings. The fourth-order valence-corrected chi connectivity index (χ4v) is 5.48. The molecule has 0 amide bonds. The molecule has 0 spiro atoms. The van der Waals surface area contributed by atoms with Gasteiger partial charge in [0.1, 0.15) is 11.6 Å². The van der Waals surface area contributed by atoms with Crippen LogP contribution in [0.5, 0.6) is 0 Å². The molecule has 5 rings (SSSR count). The van der Waals surface area contributed by atoms with Crippen LogP contribution in [0.2, 0.25) is 0 Å². The van der Waals surface area contributed by atoms with Crippen LogP contribution >= 0.6 is 0 Å². The Morgan fingerprint density at radius 3 is 2.50 bits per heavy atom. The van der Waals surface area contributed by atoms with E-state index in [9.17, 15) is 4.79 Å². The Balaban J connectivity index is 1.71. The summed E-state index contributed by atoms with van der Waals surface area (Å²) in [6, 6.07) is 15.7. The van der Waals surface area contributed by atoms with Crippen LogP contribution in [-0.4, -0.2) is 26.9 Å². The second kappa shape index (κ2) is 10.2. The minimum atomic E-state index is -1.18. The van der Waals surface area contributed by atoms with Gasteiger partial charge in [-0.1, -0.05) is 43.3 Å². The highest BCUT2D eigenvalue weighted by atomic mass is 19.1. The van der Waals surface area contributed by atoms with Gasteiger partial charge in [0.05, 0.1) is 17.8 Å². The molecular weight excluding hydrogens is 484 g/mol. The first-order valence-electron chi connectivity index (χ1n) is 12.6. The molecule has 0 saturated carbocycles. The maximum Gasteiger partial charge on any atom is 0.328 e. The maximum atomic E-state index is 15.8. The molecule has 194 valence electrons. The molecule has 0 radical (unpaired) electrons. The number of rotatable bonds is 6. The Morgan fingerprint density at radius 2 is 1.84 bits per heavy atom. The van der Waals surface area contributed by atoms with Gasteiger partial charge in [-0.3, -0.25) is 4.68 Å². The molecule has 0 saturated heterocycles. The average Bonchev–Trinajstić information content (AvgIpc) is 3.33. The van der Waals surface area contributed by atoms with Crippen LogP contribution in [0.1, 0.15) is 47.7 Å². The molecule has 2 unspecified atom stereocenters. The third kappa shape index (κ3) is 4.72. The highest BCUT2D eigenvalue weighted by Crippen LogP contribution is 2.44. The van der Waals surface area contributed by atoms with Crippen LogP contribution < -0.4 is 4.90 Å². The van der Waals surface area contributed by atoms with Gasteiger partial charge in [0.25, 0.3) is 0 Å². The summed E-state index contributed by atoms with van der Waals surface area (Å²) >= 11 is 0. The van der Waals surface area contributed by atoms with Gasteiger partial charge in [0, 0.05) is 36.6 Å². The minimum Gasteiger partial charge on any atom is -0.478 e. The van der Waals surface area contributed by atoms with E-state index in [1.165, 1.54) is 18.2 Å². The molecular formula is C31H29F2N3O2. The van der Waals surface area contributed by atoms with E-state index in [1.807, 2.05) is 49.6 Å². The van der Waals surface area contributed by atoms with Crippen molar-refractivity contribution >= 4 is 17.7 Å². The number of anilines is 1. The fourth-order valence-electron chi connectivity index (χ4n) is 5.48. The number of aromatic nitrogens is 2. The van der Waals surface area contributed by atoms with E-state index in [0.29, 0.717) is 6.42 Å². The van der Waals surface area contributed by atoms with Crippen LogP contribution in [0.15, 0.2) is 73.1 Å². The number of benzene rings is 3. The standard InChI is InChI=1S/C31H29F2N3O2/c1-4-21-7-5-6-8-28(21)36-19(2)13-23-16-22(24-17-34-35(3)18-24)10-11-25(23)31(36)30-26(32)14-20(15-27(30)33)9-12-29(37)38/h5-12,14-19,31H,4,13H2,1-3H3,(H,37,38)/b12-9+. The molecule has 1 aromatic heterocycles. The Hall–Kier alpha value is -4.26. The monoisotopic (exact) mass is 513 g/mol. The summed E-state index contributed by atoms with van der Waals surface area (Å²) < 4.78 is 33.3. The fraction of sp³-hybridized carbons (Fsp3) is 0.226. The van der Waals surface area contributed by atoms with Crippen molar-refractivity contribution in [2.75, 3.05) is 4.90 Å². The minimum absolute atomic E-state index is 0.0465. The quantitative estimate of drug-likeness (QED) is 0.297. The third-order valence-corrected chi connectivity index (χ3v) is 7.19. The Morgan fingerprint density at radius 1 is 1.11 bits per heavy atom. The molecule has 5 nitrogen and oxygen atoms in total. The number of carboxylic acids is 1. The zero-order chi connectivity index (χ0) is 27.0. The first-order valence-corrected chi connectivity index (χ1v) is 12.6. The highest BCUT2D eigenvalue weighted by molar-refractivity contribution is 5.85. The maximum absolute atomic E-state index is 15.8. The van der Waals surface area contributed by atoms with Gasteiger partial charge in [0.2, 0.25) is 0 Å². The van der Waals surface area contributed by atoms with Gasteiger partial charge in [-0.25, -0.2) is 13.6 Å². The van der Waals surface area contributed by atoms with Crippen molar-refractivity contribution in [3.63, 3.8) is 0 Å². The predicted octanol–water partition coefficient (Wildman–Crippen LogP) is 6.57. The van der Waals surface area contributed by atoms with Crippen molar-refractivity contribution in [1.82, 2.24) is 9.78 Å². The molecule has 7 heteroatoms. The third-order valence-electron chi connectivity index (χ3n) is 7.19. The smallest absolute Gasteiger partial charge is 0.328 e. The topological polar surface area (TPSA) is 58.4 Å². The number of hydrogen-bond acceptors (Lipinski definition) is 3. The van der Waals surface area contributed by atoms with E-state index >= 15 is 8.78 Å². The number of fused-ring (bicyclic) bond motifs is 1. The number of aryl methyl sites for hydroxylation is 2. The summed E-state index contributed by atoms with van der Waals surface area (Å²) in [4.78, 5) is 13.1. The number of carboxylic acid groups (broad SMARTS) is 1. The number of halogens is 2. The lowest BCUT2D eigenvalue weighted by Crippen LogP contribution is -2.44. The molecule has 2 atom stereocenters. The molecule has 0 aliphatic carbocycles. The summed E-state index contributed by atoms with van der Waals surface area (Å²) in [6.45, 7) is 4.15. The summed E-state index contributed by atoms with van der Waals surface area (Å²) in [5.74, 6) is -2.61. The molecule has 2 heterocycles. The summed E-state index contributed by atoms with van der Waals surface area (Å²) in [5, 5.41) is 13.2. The Labute approximate surface area is 220 Å². The van der Waals surface area contributed by atoms with Crippen LogP contribution in [0.3, 0.4) is 0 Å². The Bertz CT molecular complexity index is 1520. The lowest BCUT2D eigenvalue weighted by Gasteiger charge is -2.45. The van der Waals surface area contributed by atoms with Gasteiger partial charge < -0.3 is 10.0 Å². The van der Waals surface area contributed by atoms with Gasteiger partial charge in [0.15, 0.2) is 0 Å². The van der Waals surface area contributed by atoms with Crippen molar-refractivity contribution in [2.24, 2.45) is 7.05 Å². The van der Waals surface area contributed by atoms with Crippen LogP contribution in [0, 0.1) is 11.6 Å². The lowest BCUT2D eigenvalue weighted by atomic mass is 9.82. The SMILES string of the molecule is CCc1ccccc1N1C(C)Cc2cc(-c3cnn(C)c3)ccc2C1c1c(F)cc(/C=C/C(=O)O)cc1F. The molecule has 4 aromatic rings. The summed E-state index contributed by atoms with van der Waals surface area (Å²) in [6.07, 6.45) is 7.30. The molecule has 1 N–H and O–H groups in total. The van der Waals surface area contributed by atoms with Crippen molar-refractivity contribution in [2.45, 2.75) is 38.8 Å². The van der Waals surface area contributed by atoms with E-state index < -0.39 is 23.6 Å². The lowest BCUT2D eigenvalue weighted by molar-refractivity contribution is -0.131. The Kier molecular flexibility index (Phi) is 6.85. The van der Waals surface area contributed by atoms with Gasteiger partial charge in [-0.15, -0.1) is 0 Å². The number of aliphatic carboxylic acids is 1. The van der Waals surface area contributed by atoms with Gasteiger partial charge in [-0.05, 0) is 71.9 Å². The van der Waals surface area contributed by atoms with E-state index in [1.54, 1.807) is 10.9 Å². The van der Waals surface area contributed by atoms with Crippen molar-refractivity contribution in [3.05, 3.63) is 113 Å². The predicted molar refractivity (Wildman–Crippen MR) is 145 cm³/mol. The number of hydrogen-bond donors (Lipinski definition) is 1. The van der Waals surface area contributed by atoms with Crippen molar-refractivity contribution in [3.8, 4) is 11.1 Å². The van der Waals surface area contributed by atoms with E-state index in [-0.39, 0.29) is 17.2 Å². The number of carbonyl (C=O) groups is 1. The van der Waals surface area contributed by atoms with E-state index in [4.69, 9.17) is 5.11 Å². The van der Waals surface area contributed by atoms with Crippen LogP contribution in [0.4, 0.5) is 14.5 Å². The normalized spacial score (nSPS) is 17.1. The molecule has 3 aromatic carbocycles. The zero-order valence-corrected chi connectivity index (χ0v) is 21.5.